The van der Waals surface area contributed by atoms with E-state index in [1.807, 2.05) is 0 Å². The number of halogens is 2. The third-order valence-electron chi connectivity index (χ3n) is 3.76. The average molecular weight is 335 g/mol. The fraction of sp³-hybridized carbons (Fsp3) is 0.267. The van der Waals surface area contributed by atoms with E-state index in [0.717, 1.165) is 6.42 Å². The molecule has 1 N–H and O–H groups in total. The SMILES string of the molecule is N#CC1(NC(=O)c2ccn(-c3ccc(Cl)c(Cl)c3)n2)CCC1. The van der Waals surface area contributed by atoms with Crippen molar-refractivity contribution in [2.24, 2.45) is 0 Å². The third kappa shape index (κ3) is 2.68. The summed E-state index contributed by atoms with van der Waals surface area (Å²) in [6.45, 7) is 0. The second-order valence-electron chi connectivity index (χ2n) is 5.25. The Bertz CT molecular complexity index is 774. The van der Waals surface area contributed by atoms with Crippen molar-refractivity contribution in [3.05, 3.63) is 46.2 Å². The average Bonchev–Trinajstić information content (AvgIpc) is 2.95. The van der Waals surface area contributed by atoms with E-state index >= 15 is 0 Å². The minimum absolute atomic E-state index is 0.257. The minimum atomic E-state index is -0.732. The predicted molar refractivity (Wildman–Crippen MR) is 83.2 cm³/mol. The lowest BCUT2D eigenvalue weighted by molar-refractivity contribution is 0.0876. The first-order chi connectivity index (χ1) is 10.5. The number of carbonyl (C=O) groups is 1. The molecule has 0 unspecified atom stereocenters. The highest BCUT2D eigenvalue weighted by atomic mass is 35.5. The first kappa shape index (κ1) is 14.9. The summed E-state index contributed by atoms with van der Waals surface area (Å²) in [5.74, 6) is -0.347. The molecule has 22 heavy (non-hydrogen) atoms. The zero-order valence-electron chi connectivity index (χ0n) is 11.5. The highest BCUT2D eigenvalue weighted by Crippen LogP contribution is 2.31. The van der Waals surface area contributed by atoms with Gasteiger partial charge in [-0.1, -0.05) is 23.2 Å². The summed E-state index contributed by atoms with van der Waals surface area (Å²) in [6.07, 6.45) is 3.98. The molecule has 112 valence electrons. The van der Waals surface area contributed by atoms with Crippen LogP contribution in [0.15, 0.2) is 30.5 Å². The van der Waals surface area contributed by atoms with Gasteiger partial charge in [-0.05, 0) is 43.5 Å². The van der Waals surface area contributed by atoms with Crippen molar-refractivity contribution in [1.29, 1.82) is 5.26 Å². The van der Waals surface area contributed by atoms with E-state index in [9.17, 15) is 4.79 Å². The van der Waals surface area contributed by atoms with Crippen molar-refractivity contribution in [1.82, 2.24) is 15.1 Å². The van der Waals surface area contributed by atoms with E-state index in [4.69, 9.17) is 28.5 Å². The molecule has 1 aromatic heterocycles. The summed E-state index contributed by atoms with van der Waals surface area (Å²) >= 11 is 11.9. The fourth-order valence-corrected chi connectivity index (χ4v) is 2.59. The summed E-state index contributed by atoms with van der Waals surface area (Å²) in [7, 11) is 0. The quantitative estimate of drug-likeness (QED) is 0.935. The zero-order valence-corrected chi connectivity index (χ0v) is 13.0. The van der Waals surface area contributed by atoms with Crippen LogP contribution in [-0.2, 0) is 0 Å². The molecular formula is C15H12Cl2N4O. The molecule has 0 spiro atoms. The van der Waals surface area contributed by atoms with Crippen molar-refractivity contribution in [2.45, 2.75) is 24.8 Å². The van der Waals surface area contributed by atoms with Crippen LogP contribution in [-0.4, -0.2) is 21.2 Å². The number of hydrogen-bond acceptors (Lipinski definition) is 3. The summed E-state index contributed by atoms with van der Waals surface area (Å²) in [4.78, 5) is 12.2. The zero-order chi connectivity index (χ0) is 15.7. The van der Waals surface area contributed by atoms with Crippen molar-refractivity contribution in [3.63, 3.8) is 0 Å². The molecule has 1 heterocycles. The van der Waals surface area contributed by atoms with Gasteiger partial charge in [0.2, 0.25) is 0 Å². The van der Waals surface area contributed by atoms with E-state index in [2.05, 4.69) is 16.5 Å². The monoisotopic (exact) mass is 334 g/mol. The maximum atomic E-state index is 12.2. The van der Waals surface area contributed by atoms with Gasteiger partial charge >= 0.3 is 0 Å². The number of hydrogen-bond donors (Lipinski definition) is 1. The van der Waals surface area contributed by atoms with Crippen molar-refractivity contribution < 1.29 is 4.79 Å². The lowest BCUT2D eigenvalue weighted by Crippen LogP contribution is -2.52. The van der Waals surface area contributed by atoms with Crippen LogP contribution < -0.4 is 5.32 Å². The molecule has 7 heteroatoms. The van der Waals surface area contributed by atoms with Crippen molar-refractivity contribution in [3.8, 4) is 11.8 Å². The number of nitrogens with zero attached hydrogens (tertiary/aromatic N) is 3. The van der Waals surface area contributed by atoms with Gasteiger partial charge in [0.25, 0.3) is 5.91 Å². The molecule has 1 saturated carbocycles. The summed E-state index contributed by atoms with van der Waals surface area (Å²) in [5, 5.41) is 17.0. The molecule has 3 rings (SSSR count). The van der Waals surface area contributed by atoms with E-state index < -0.39 is 5.54 Å². The Kier molecular flexibility index (Phi) is 3.81. The fourth-order valence-electron chi connectivity index (χ4n) is 2.29. The number of aromatic nitrogens is 2. The highest BCUT2D eigenvalue weighted by molar-refractivity contribution is 6.42. The molecule has 1 fully saturated rings. The Morgan fingerprint density at radius 3 is 2.68 bits per heavy atom. The van der Waals surface area contributed by atoms with E-state index in [-0.39, 0.29) is 11.6 Å². The Morgan fingerprint density at radius 1 is 1.32 bits per heavy atom. The largest absolute Gasteiger partial charge is 0.332 e. The van der Waals surface area contributed by atoms with Crippen LogP contribution in [0.4, 0.5) is 0 Å². The summed E-state index contributed by atoms with van der Waals surface area (Å²) in [5.41, 5.74) is 0.226. The predicted octanol–water partition coefficient (Wildman–Crippen LogP) is 3.36. The number of nitrogens with one attached hydrogen (secondary N) is 1. The molecule has 0 saturated heterocycles. The number of amides is 1. The standard InChI is InChI=1S/C15H12Cl2N4O/c16-11-3-2-10(8-12(11)17)21-7-4-13(20-21)14(22)19-15(9-18)5-1-6-15/h2-4,7-8H,1,5-6H2,(H,19,22). The number of carbonyl (C=O) groups excluding carboxylic acids is 1. The van der Waals surface area contributed by atoms with E-state index in [1.54, 1.807) is 30.5 Å². The topological polar surface area (TPSA) is 70.7 Å². The lowest BCUT2D eigenvalue weighted by atomic mass is 9.78. The Balaban J connectivity index is 1.80. The van der Waals surface area contributed by atoms with Gasteiger partial charge < -0.3 is 5.32 Å². The Labute approximate surface area is 137 Å². The van der Waals surface area contributed by atoms with E-state index in [0.29, 0.717) is 28.6 Å². The molecule has 1 aliphatic carbocycles. The van der Waals surface area contributed by atoms with Gasteiger partial charge in [0.15, 0.2) is 5.69 Å². The van der Waals surface area contributed by atoms with Crippen LogP contribution in [0.5, 0.6) is 0 Å². The second-order valence-corrected chi connectivity index (χ2v) is 6.06. The van der Waals surface area contributed by atoms with Crippen LogP contribution in [0.25, 0.3) is 5.69 Å². The molecule has 2 aromatic rings. The maximum absolute atomic E-state index is 12.2. The van der Waals surface area contributed by atoms with Crippen LogP contribution >= 0.6 is 23.2 Å². The molecule has 0 bridgehead atoms. The molecule has 0 atom stereocenters. The molecule has 1 amide bonds. The molecule has 0 radical (unpaired) electrons. The first-order valence-corrected chi connectivity index (χ1v) is 7.53. The molecule has 0 aliphatic heterocycles. The van der Waals surface area contributed by atoms with Gasteiger partial charge in [-0.15, -0.1) is 0 Å². The normalized spacial score (nSPS) is 15.7. The minimum Gasteiger partial charge on any atom is -0.332 e. The summed E-state index contributed by atoms with van der Waals surface area (Å²) in [6, 6.07) is 8.86. The van der Waals surface area contributed by atoms with Crippen LogP contribution in [0.2, 0.25) is 10.0 Å². The van der Waals surface area contributed by atoms with Gasteiger partial charge in [0.05, 0.1) is 21.8 Å². The number of rotatable bonds is 3. The van der Waals surface area contributed by atoms with Crippen LogP contribution in [0.1, 0.15) is 29.8 Å². The second kappa shape index (κ2) is 5.64. The van der Waals surface area contributed by atoms with Crippen molar-refractivity contribution in [2.75, 3.05) is 0 Å². The number of nitriles is 1. The highest BCUT2D eigenvalue weighted by Gasteiger charge is 2.39. The molecule has 5 nitrogen and oxygen atoms in total. The van der Waals surface area contributed by atoms with Gasteiger partial charge in [-0.2, -0.15) is 10.4 Å². The van der Waals surface area contributed by atoms with Gasteiger partial charge in [0.1, 0.15) is 5.54 Å². The Morgan fingerprint density at radius 2 is 2.09 bits per heavy atom. The molecular weight excluding hydrogens is 323 g/mol. The lowest BCUT2D eigenvalue weighted by Gasteiger charge is -2.35. The van der Waals surface area contributed by atoms with Crippen LogP contribution in [0.3, 0.4) is 0 Å². The molecule has 1 aliphatic rings. The smallest absolute Gasteiger partial charge is 0.273 e. The number of benzene rings is 1. The van der Waals surface area contributed by atoms with Gasteiger partial charge in [0, 0.05) is 6.20 Å². The summed E-state index contributed by atoms with van der Waals surface area (Å²) < 4.78 is 1.54. The van der Waals surface area contributed by atoms with Gasteiger partial charge in [-0.3, -0.25) is 4.79 Å². The first-order valence-electron chi connectivity index (χ1n) is 6.78. The third-order valence-corrected chi connectivity index (χ3v) is 4.50. The molecule has 1 aromatic carbocycles. The maximum Gasteiger partial charge on any atom is 0.273 e. The Hall–Kier alpha value is -2.03. The van der Waals surface area contributed by atoms with Gasteiger partial charge in [-0.25, -0.2) is 4.68 Å². The van der Waals surface area contributed by atoms with E-state index in [1.165, 1.54) is 4.68 Å². The van der Waals surface area contributed by atoms with Crippen LogP contribution in [0, 0.1) is 11.3 Å². The van der Waals surface area contributed by atoms with Crippen molar-refractivity contribution >= 4 is 29.1 Å².